The lowest BCUT2D eigenvalue weighted by Gasteiger charge is -2.27. The third kappa shape index (κ3) is 3.56. The van der Waals surface area contributed by atoms with Crippen LogP contribution in [-0.2, 0) is 16.3 Å². The third-order valence-corrected chi connectivity index (χ3v) is 6.35. The zero-order valence-corrected chi connectivity index (χ0v) is 14.6. The number of hydrogen-bond acceptors (Lipinski definition) is 3. The Morgan fingerprint density at radius 3 is 2.88 bits per heavy atom. The topological polar surface area (TPSA) is 82.3 Å². The number of carbonyl (C=O) groups is 1. The van der Waals surface area contributed by atoms with Crippen molar-refractivity contribution in [3.63, 3.8) is 0 Å². The van der Waals surface area contributed by atoms with Crippen molar-refractivity contribution >= 4 is 26.8 Å². The Morgan fingerprint density at radius 2 is 2.17 bits per heavy atom. The first-order valence-corrected chi connectivity index (χ1v) is 10.1. The van der Waals surface area contributed by atoms with E-state index >= 15 is 0 Å². The SMILES string of the molecule is CCN(C(=O)NCCc1c[nH]c2ccccc12)C1CCS(=O)(=O)C1. The maximum Gasteiger partial charge on any atom is 0.317 e. The smallest absolute Gasteiger partial charge is 0.317 e. The number of carbonyl (C=O) groups excluding carboxylic acids is 1. The van der Waals surface area contributed by atoms with Crippen molar-refractivity contribution in [3.05, 3.63) is 36.0 Å². The first-order valence-electron chi connectivity index (χ1n) is 8.30. The molecule has 2 aromatic rings. The molecule has 3 rings (SSSR count). The lowest BCUT2D eigenvalue weighted by Crippen LogP contribution is -2.47. The Bertz CT molecular complexity index is 828. The summed E-state index contributed by atoms with van der Waals surface area (Å²) in [4.78, 5) is 17.2. The maximum absolute atomic E-state index is 12.4. The molecule has 2 amide bonds. The molecule has 24 heavy (non-hydrogen) atoms. The largest absolute Gasteiger partial charge is 0.361 e. The molecular weight excluding hydrogens is 326 g/mol. The summed E-state index contributed by atoms with van der Waals surface area (Å²) in [6.07, 6.45) is 3.24. The van der Waals surface area contributed by atoms with Gasteiger partial charge in [-0.15, -0.1) is 0 Å². The van der Waals surface area contributed by atoms with Gasteiger partial charge in [0, 0.05) is 36.2 Å². The minimum atomic E-state index is -2.99. The van der Waals surface area contributed by atoms with Crippen molar-refractivity contribution in [2.45, 2.75) is 25.8 Å². The van der Waals surface area contributed by atoms with Crippen molar-refractivity contribution < 1.29 is 13.2 Å². The van der Waals surface area contributed by atoms with Crippen molar-refractivity contribution in [3.8, 4) is 0 Å². The number of amides is 2. The summed E-state index contributed by atoms with van der Waals surface area (Å²) in [5, 5.41) is 4.09. The predicted octanol–water partition coefficient (Wildman–Crippen LogP) is 1.93. The fraction of sp³-hybridized carbons (Fsp3) is 0.471. The molecule has 1 aliphatic heterocycles. The minimum Gasteiger partial charge on any atom is -0.361 e. The second-order valence-electron chi connectivity index (χ2n) is 6.18. The molecule has 1 saturated heterocycles. The molecule has 130 valence electrons. The van der Waals surface area contributed by atoms with E-state index in [9.17, 15) is 13.2 Å². The van der Waals surface area contributed by atoms with Gasteiger partial charge in [-0.25, -0.2) is 13.2 Å². The number of para-hydroxylation sites is 1. The molecule has 0 saturated carbocycles. The zero-order chi connectivity index (χ0) is 17.2. The van der Waals surface area contributed by atoms with Crippen molar-refractivity contribution in [2.75, 3.05) is 24.6 Å². The van der Waals surface area contributed by atoms with Gasteiger partial charge in [-0.05, 0) is 31.4 Å². The molecule has 1 fully saturated rings. The molecule has 6 nitrogen and oxygen atoms in total. The van der Waals surface area contributed by atoms with Crippen LogP contribution in [0.1, 0.15) is 18.9 Å². The van der Waals surface area contributed by atoms with E-state index in [0.29, 0.717) is 19.5 Å². The predicted molar refractivity (Wildman–Crippen MR) is 94.8 cm³/mol. The van der Waals surface area contributed by atoms with Gasteiger partial charge in [-0.3, -0.25) is 0 Å². The van der Waals surface area contributed by atoms with E-state index in [1.165, 1.54) is 5.39 Å². The fourth-order valence-corrected chi connectivity index (χ4v) is 5.06. The Kier molecular flexibility index (Phi) is 4.80. The monoisotopic (exact) mass is 349 g/mol. The van der Waals surface area contributed by atoms with Crippen LogP contribution in [0.15, 0.2) is 30.5 Å². The van der Waals surface area contributed by atoms with E-state index in [1.54, 1.807) is 4.90 Å². The summed E-state index contributed by atoms with van der Waals surface area (Å²) in [5.74, 6) is 0.257. The quantitative estimate of drug-likeness (QED) is 0.865. The Balaban J connectivity index is 1.56. The minimum absolute atomic E-state index is 0.0801. The van der Waals surface area contributed by atoms with E-state index in [1.807, 2.05) is 31.3 Å². The lowest BCUT2D eigenvalue weighted by molar-refractivity contribution is 0.184. The molecule has 1 atom stereocenters. The molecule has 0 bridgehead atoms. The summed E-state index contributed by atoms with van der Waals surface area (Å²) >= 11 is 0. The third-order valence-electron chi connectivity index (χ3n) is 4.60. The van der Waals surface area contributed by atoms with Crippen LogP contribution in [0.5, 0.6) is 0 Å². The van der Waals surface area contributed by atoms with Gasteiger partial charge in [0.2, 0.25) is 0 Å². The standard InChI is InChI=1S/C17H23N3O3S/c1-2-20(14-8-10-24(22,23)12-14)17(21)18-9-7-13-11-19-16-6-4-3-5-15(13)16/h3-6,11,14,19H,2,7-10,12H2,1H3,(H,18,21). The van der Waals surface area contributed by atoms with Crippen LogP contribution in [0.4, 0.5) is 4.79 Å². The van der Waals surface area contributed by atoms with Gasteiger partial charge in [0.15, 0.2) is 9.84 Å². The summed E-state index contributed by atoms with van der Waals surface area (Å²) in [5.41, 5.74) is 2.25. The number of benzene rings is 1. The number of nitrogens with one attached hydrogen (secondary N) is 2. The van der Waals surface area contributed by atoms with Gasteiger partial charge >= 0.3 is 6.03 Å². The van der Waals surface area contributed by atoms with Gasteiger partial charge in [-0.2, -0.15) is 0 Å². The number of hydrogen-bond donors (Lipinski definition) is 2. The molecule has 2 N–H and O–H groups in total. The van der Waals surface area contributed by atoms with E-state index in [4.69, 9.17) is 0 Å². The van der Waals surface area contributed by atoms with Gasteiger partial charge < -0.3 is 15.2 Å². The summed E-state index contributed by atoms with van der Waals surface area (Å²) < 4.78 is 23.2. The second kappa shape index (κ2) is 6.84. The van der Waals surface area contributed by atoms with E-state index in [-0.39, 0.29) is 23.6 Å². The molecule has 2 heterocycles. The highest BCUT2D eigenvalue weighted by atomic mass is 32.2. The summed E-state index contributed by atoms with van der Waals surface area (Å²) in [6, 6.07) is 7.69. The summed E-state index contributed by atoms with van der Waals surface area (Å²) in [7, 11) is -2.99. The molecule has 1 aromatic carbocycles. The number of nitrogens with zero attached hydrogens (tertiary/aromatic N) is 1. The summed E-state index contributed by atoms with van der Waals surface area (Å²) in [6.45, 7) is 2.92. The Hall–Kier alpha value is -2.02. The molecule has 0 spiro atoms. The normalized spacial score (nSPS) is 19.5. The first kappa shape index (κ1) is 16.8. The highest BCUT2D eigenvalue weighted by molar-refractivity contribution is 7.91. The van der Waals surface area contributed by atoms with Crippen molar-refractivity contribution in [2.24, 2.45) is 0 Å². The number of H-pyrrole nitrogens is 1. The van der Waals surface area contributed by atoms with Crippen molar-refractivity contribution in [1.82, 2.24) is 15.2 Å². The number of urea groups is 1. The van der Waals surface area contributed by atoms with Crippen LogP contribution in [-0.4, -0.2) is 55.0 Å². The highest BCUT2D eigenvalue weighted by Crippen LogP contribution is 2.19. The van der Waals surface area contributed by atoms with Crippen molar-refractivity contribution in [1.29, 1.82) is 0 Å². The average Bonchev–Trinajstić information content (AvgIpc) is 3.12. The number of aromatic nitrogens is 1. The molecule has 1 aliphatic rings. The average molecular weight is 349 g/mol. The van der Waals surface area contributed by atoms with Gasteiger partial charge in [0.25, 0.3) is 0 Å². The Labute approximate surface area is 142 Å². The molecule has 0 aliphatic carbocycles. The van der Waals surface area contributed by atoms with Gasteiger partial charge in [0.05, 0.1) is 11.5 Å². The number of fused-ring (bicyclic) bond motifs is 1. The second-order valence-corrected chi connectivity index (χ2v) is 8.41. The fourth-order valence-electron chi connectivity index (χ4n) is 3.33. The Morgan fingerprint density at radius 1 is 1.38 bits per heavy atom. The molecule has 1 unspecified atom stereocenters. The molecular formula is C17H23N3O3S. The van der Waals surface area contributed by atoms with Crippen LogP contribution < -0.4 is 5.32 Å². The van der Waals surface area contributed by atoms with E-state index in [0.717, 1.165) is 17.5 Å². The van der Waals surface area contributed by atoms with E-state index < -0.39 is 9.84 Å². The maximum atomic E-state index is 12.4. The molecule has 1 aromatic heterocycles. The lowest BCUT2D eigenvalue weighted by atomic mass is 10.1. The number of rotatable bonds is 5. The van der Waals surface area contributed by atoms with Gasteiger partial charge in [-0.1, -0.05) is 18.2 Å². The molecule has 0 radical (unpaired) electrons. The first-order chi connectivity index (χ1) is 11.5. The highest BCUT2D eigenvalue weighted by Gasteiger charge is 2.33. The van der Waals surface area contributed by atoms with Gasteiger partial charge in [0.1, 0.15) is 0 Å². The van der Waals surface area contributed by atoms with Crippen LogP contribution in [0, 0.1) is 0 Å². The van der Waals surface area contributed by atoms with E-state index in [2.05, 4.69) is 16.4 Å². The van der Waals surface area contributed by atoms with Crippen LogP contribution in [0.3, 0.4) is 0 Å². The van der Waals surface area contributed by atoms with Crippen LogP contribution >= 0.6 is 0 Å². The number of sulfone groups is 1. The zero-order valence-electron chi connectivity index (χ0n) is 13.8. The number of aromatic amines is 1. The molecule has 7 heteroatoms. The van der Waals surface area contributed by atoms with Crippen LogP contribution in [0.25, 0.3) is 10.9 Å². The van der Waals surface area contributed by atoms with Crippen LogP contribution in [0.2, 0.25) is 0 Å².